The molecule has 26 heavy (non-hydrogen) atoms. The van der Waals surface area contributed by atoms with Gasteiger partial charge >= 0.3 is 0 Å². The van der Waals surface area contributed by atoms with Gasteiger partial charge < -0.3 is 14.6 Å². The number of aryl methyl sites for hydroxylation is 1. The molecular formula is C21H24FN3O. The highest BCUT2D eigenvalue weighted by molar-refractivity contribution is 5.74. The van der Waals surface area contributed by atoms with E-state index in [9.17, 15) is 4.39 Å². The second kappa shape index (κ2) is 7.17. The number of rotatable bonds is 4. The molecule has 0 radical (unpaired) electrons. The number of imidazole rings is 1. The molecule has 1 unspecified atom stereocenters. The summed E-state index contributed by atoms with van der Waals surface area (Å²) in [4.78, 5) is 10.4. The summed E-state index contributed by atoms with van der Waals surface area (Å²) >= 11 is 0. The Kier molecular flexibility index (Phi) is 4.74. The Morgan fingerprint density at radius 2 is 1.96 bits per heavy atom. The standard InChI is InChI=1S/C21H24FN3O/c1-14-7-8-15(13-17(14)22)20(26-16-9-11-25(2)12-10-16)21-23-18-5-3-4-6-19(18)24-21/h3-8,13,16,20H,9-12H2,1-2H3,(H,23,24). The zero-order valence-electron chi connectivity index (χ0n) is 15.2. The van der Waals surface area contributed by atoms with Crippen molar-refractivity contribution in [2.45, 2.75) is 32.0 Å². The van der Waals surface area contributed by atoms with Crippen LogP contribution < -0.4 is 0 Å². The minimum absolute atomic E-state index is 0.147. The molecule has 2 aromatic carbocycles. The molecule has 136 valence electrons. The van der Waals surface area contributed by atoms with Gasteiger partial charge in [-0.25, -0.2) is 9.37 Å². The van der Waals surface area contributed by atoms with E-state index >= 15 is 0 Å². The number of aromatic nitrogens is 2. The van der Waals surface area contributed by atoms with Gasteiger partial charge in [-0.05, 0) is 56.1 Å². The lowest BCUT2D eigenvalue weighted by molar-refractivity contribution is -0.0265. The molecule has 1 atom stereocenters. The van der Waals surface area contributed by atoms with Crippen molar-refractivity contribution in [2.24, 2.45) is 0 Å². The van der Waals surface area contributed by atoms with Crippen LogP contribution in [0.25, 0.3) is 11.0 Å². The lowest BCUT2D eigenvalue weighted by Gasteiger charge is -2.31. The topological polar surface area (TPSA) is 41.1 Å². The Morgan fingerprint density at radius 3 is 2.69 bits per heavy atom. The summed E-state index contributed by atoms with van der Waals surface area (Å²) in [6, 6.07) is 13.2. The highest BCUT2D eigenvalue weighted by Gasteiger charge is 2.26. The van der Waals surface area contributed by atoms with E-state index in [2.05, 4.69) is 16.9 Å². The molecule has 0 saturated carbocycles. The van der Waals surface area contributed by atoms with E-state index in [1.165, 1.54) is 0 Å². The van der Waals surface area contributed by atoms with Gasteiger partial charge in [0.05, 0.1) is 17.1 Å². The number of likely N-dealkylation sites (tertiary alicyclic amines) is 1. The van der Waals surface area contributed by atoms with E-state index in [0.717, 1.165) is 48.4 Å². The number of halogens is 1. The van der Waals surface area contributed by atoms with Gasteiger partial charge in [0.1, 0.15) is 17.7 Å². The fourth-order valence-corrected chi connectivity index (χ4v) is 3.48. The van der Waals surface area contributed by atoms with Crippen molar-refractivity contribution in [3.63, 3.8) is 0 Å². The number of H-pyrrole nitrogens is 1. The maximum absolute atomic E-state index is 14.2. The van der Waals surface area contributed by atoms with Crippen molar-refractivity contribution in [2.75, 3.05) is 20.1 Å². The summed E-state index contributed by atoms with van der Waals surface area (Å²) in [6.45, 7) is 3.80. The molecule has 1 fully saturated rings. The van der Waals surface area contributed by atoms with Gasteiger partial charge in [-0.1, -0.05) is 24.3 Å². The van der Waals surface area contributed by atoms with E-state index in [-0.39, 0.29) is 11.9 Å². The summed E-state index contributed by atoms with van der Waals surface area (Å²) in [7, 11) is 2.13. The van der Waals surface area contributed by atoms with Crippen LogP contribution in [0.2, 0.25) is 0 Å². The van der Waals surface area contributed by atoms with Gasteiger partial charge in [-0.2, -0.15) is 0 Å². The minimum atomic E-state index is -0.397. The van der Waals surface area contributed by atoms with Crippen LogP contribution in [0.5, 0.6) is 0 Å². The SMILES string of the molecule is Cc1ccc(C(OC2CCN(C)CC2)c2nc3ccccc3[nH]2)cc1F. The largest absolute Gasteiger partial charge is 0.362 e. The Bertz CT molecular complexity index is 866. The first-order valence-corrected chi connectivity index (χ1v) is 9.15. The van der Waals surface area contributed by atoms with Crippen LogP contribution in [-0.2, 0) is 4.74 Å². The van der Waals surface area contributed by atoms with Crippen LogP contribution in [0.1, 0.15) is 35.9 Å². The highest BCUT2D eigenvalue weighted by atomic mass is 19.1. The van der Waals surface area contributed by atoms with E-state index in [4.69, 9.17) is 9.72 Å². The first kappa shape index (κ1) is 17.2. The zero-order chi connectivity index (χ0) is 18.1. The molecule has 0 aliphatic carbocycles. The van der Waals surface area contributed by atoms with Gasteiger partial charge in [0.15, 0.2) is 0 Å². The number of hydrogen-bond donors (Lipinski definition) is 1. The van der Waals surface area contributed by atoms with Crippen LogP contribution in [0, 0.1) is 12.7 Å². The molecule has 3 aromatic rings. The predicted molar refractivity (Wildman–Crippen MR) is 101 cm³/mol. The van der Waals surface area contributed by atoms with Gasteiger partial charge in [-0.3, -0.25) is 0 Å². The third-order valence-corrected chi connectivity index (χ3v) is 5.15. The summed E-state index contributed by atoms with van der Waals surface area (Å²) in [5.41, 5.74) is 3.29. The van der Waals surface area contributed by atoms with Crippen molar-refractivity contribution in [3.05, 3.63) is 65.2 Å². The number of nitrogens with one attached hydrogen (secondary N) is 1. The van der Waals surface area contributed by atoms with Crippen molar-refractivity contribution in [3.8, 4) is 0 Å². The Balaban J connectivity index is 1.69. The summed E-state index contributed by atoms with van der Waals surface area (Å²) in [5.74, 6) is 0.518. The third-order valence-electron chi connectivity index (χ3n) is 5.15. The smallest absolute Gasteiger partial charge is 0.141 e. The second-order valence-electron chi connectivity index (χ2n) is 7.17. The van der Waals surface area contributed by atoms with E-state index in [1.54, 1.807) is 19.1 Å². The normalized spacial score (nSPS) is 17.7. The van der Waals surface area contributed by atoms with Crippen LogP contribution in [0.3, 0.4) is 0 Å². The molecule has 4 nitrogen and oxygen atoms in total. The second-order valence-corrected chi connectivity index (χ2v) is 7.17. The number of piperidine rings is 1. The Morgan fingerprint density at radius 1 is 1.19 bits per heavy atom. The molecular weight excluding hydrogens is 329 g/mol. The maximum Gasteiger partial charge on any atom is 0.141 e. The van der Waals surface area contributed by atoms with Crippen LogP contribution in [0.4, 0.5) is 4.39 Å². The monoisotopic (exact) mass is 353 g/mol. The van der Waals surface area contributed by atoms with Crippen molar-refractivity contribution in [1.29, 1.82) is 0 Å². The van der Waals surface area contributed by atoms with Gasteiger partial charge in [0.25, 0.3) is 0 Å². The van der Waals surface area contributed by atoms with Gasteiger partial charge in [-0.15, -0.1) is 0 Å². The van der Waals surface area contributed by atoms with E-state index in [1.807, 2.05) is 30.3 Å². The Labute approximate surface area is 153 Å². The molecule has 2 heterocycles. The van der Waals surface area contributed by atoms with Crippen LogP contribution >= 0.6 is 0 Å². The molecule has 0 amide bonds. The number of fused-ring (bicyclic) bond motifs is 1. The number of para-hydroxylation sites is 2. The van der Waals surface area contributed by atoms with Crippen molar-refractivity contribution in [1.82, 2.24) is 14.9 Å². The van der Waals surface area contributed by atoms with E-state index in [0.29, 0.717) is 5.56 Å². The maximum atomic E-state index is 14.2. The van der Waals surface area contributed by atoms with E-state index < -0.39 is 6.10 Å². The van der Waals surface area contributed by atoms with Gasteiger partial charge in [0.2, 0.25) is 0 Å². The molecule has 1 saturated heterocycles. The first-order chi connectivity index (χ1) is 12.6. The predicted octanol–water partition coefficient (Wildman–Crippen LogP) is 4.21. The number of benzene rings is 2. The number of nitrogens with zero attached hydrogens (tertiary/aromatic N) is 2. The fourth-order valence-electron chi connectivity index (χ4n) is 3.48. The van der Waals surface area contributed by atoms with Crippen LogP contribution in [-0.4, -0.2) is 41.1 Å². The first-order valence-electron chi connectivity index (χ1n) is 9.15. The average Bonchev–Trinajstić information content (AvgIpc) is 3.07. The molecule has 1 aliphatic rings. The summed E-state index contributed by atoms with van der Waals surface area (Å²) in [5, 5.41) is 0. The summed E-state index contributed by atoms with van der Waals surface area (Å²) < 4.78 is 20.6. The average molecular weight is 353 g/mol. The van der Waals surface area contributed by atoms with Gasteiger partial charge in [0, 0.05) is 13.1 Å². The highest BCUT2D eigenvalue weighted by Crippen LogP contribution is 2.30. The minimum Gasteiger partial charge on any atom is -0.362 e. The molecule has 1 aliphatic heterocycles. The molecule has 1 N–H and O–H groups in total. The summed E-state index contributed by atoms with van der Waals surface area (Å²) in [6.07, 6.45) is 1.70. The zero-order valence-corrected chi connectivity index (χ0v) is 15.2. The quantitative estimate of drug-likeness (QED) is 0.764. The molecule has 1 aromatic heterocycles. The number of ether oxygens (including phenoxy) is 1. The lowest BCUT2D eigenvalue weighted by Crippen LogP contribution is -2.35. The van der Waals surface area contributed by atoms with Crippen LogP contribution in [0.15, 0.2) is 42.5 Å². The van der Waals surface area contributed by atoms with Crippen molar-refractivity contribution >= 4 is 11.0 Å². The fraction of sp³-hybridized carbons (Fsp3) is 0.381. The molecule has 5 heteroatoms. The molecule has 4 rings (SSSR count). The number of hydrogen-bond acceptors (Lipinski definition) is 3. The molecule has 0 spiro atoms. The Hall–Kier alpha value is -2.24. The third kappa shape index (κ3) is 3.50. The number of aromatic amines is 1. The lowest BCUT2D eigenvalue weighted by atomic mass is 10.0. The molecule has 0 bridgehead atoms. The van der Waals surface area contributed by atoms with Crippen molar-refractivity contribution < 1.29 is 9.13 Å².